The Hall–Kier alpha value is -3.21. The first kappa shape index (κ1) is 24.5. The molecule has 1 N–H and O–H groups in total. The van der Waals surface area contributed by atoms with Crippen molar-refractivity contribution >= 4 is 12.0 Å². The van der Waals surface area contributed by atoms with E-state index in [9.17, 15) is 14.7 Å². The molecule has 2 amide bonds. The molecule has 1 aromatic carbocycles. The Morgan fingerprint density at radius 2 is 1.86 bits per heavy atom. The molecule has 7 nitrogen and oxygen atoms in total. The molecule has 188 valence electrons. The Balaban J connectivity index is 1.49. The van der Waals surface area contributed by atoms with Gasteiger partial charge in [0.05, 0.1) is 6.54 Å². The van der Waals surface area contributed by atoms with E-state index in [1.165, 1.54) is 5.56 Å². The maximum atomic E-state index is 12.9. The third-order valence-electron chi connectivity index (χ3n) is 7.87. The van der Waals surface area contributed by atoms with E-state index in [-0.39, 0.29) is 19.1 Å². The zero-order chi connectivity index (χ0) is 25.7. The molecule has 0 radical (unpaired) electrons. The van der Waals surface area contributed by atoms with Crippen LogP contribution in [0.4, 0.5) is 4.79 Å². The number of hydrogen-bond donors (Lipinski definition) is 1. The summed E-state index contributed by atoms with van der Waals surface area (Å²) in [7, 11) is 2.05. The van der Waals surface area contributed by atoms with Crippen molar-refractivity contribution in [3.8, 4) is 11.8 Å². The number of likely N-dealkylation sites (tertiary alicyclic amines) is 1. The van der Waals surface area contributed by atoms with Crippen LogP contribution in [0.25, 0.3) is 0 Å². The SMILES string of the molecule is CC(C)c1ccc([C@](O)(c2cncc(C#CC3(C(=O)N4CCOC4=O)CC3)c2)C2(C)CN(C)C2)cc1. The maximum Gasteiger partial charge on any atom is 0.416 e. The number of imide groups is 1. The highest BCUT2D eigenvalue weighted by Gasteiger charge is 2.55. The zero-order valence-electron chi connectivity index (χ0n) is 21.4. The fourth-order valence-electron chi connectivity index (χ4n) is 5.60. The van der Waals surface area contributed by atoms with Crippen LogP contribution in [0.2, 0.25) is 0 Å². The van der Waals surface area contributed by atoms with Gasteiger partial charge in [-0.25, -0.2) is 9.69 Å². The molecule has 3 fully saturated rings. The fraction of sp³-hybridized carbons (Fsp3) is 0.483. The average Bonchev–Trinajstić information content (AvgIpc) is 3.53. The van der Waals surface area contributed by atoms with Crippen LogP contribution < -0.4 is 0 Å². The van der Waals surface area contributed by atoms with Crippen LogP contribution in [0.15, 0.2) is 42.7 Å². The number of aromatic nitrogens is 1. The van der Waals surface area contributed by atoms with Gasteiger partial charge in [0.15, 0.2) is 0 Å². The van der Waals surface area contributed by atoms with Crippen molar-refractivity contribution in [1.29, 1.82) is 0 Å². The molecule has 1 saturated carbocycles. The number of ether oxygens (including phenoxy) is 1. The van der Waals surface area contributed by atoms with Crippen molar-refractivity contribution in [2.24, 2.45) is 10.8 Å². The summed E-state index contributed by atoms with van der Waals surface area (Å²) in [5, 5.41) is 12.4. The van der Waals surface area contributed by atoms with E-state index >= 15 is 0 Å². The van der Waals surface area contributed by atoms with Crippen molar-refractivity contribution in [1.82, 2.24) is 14.8 Å². The monoisotopic (exact) mass is 487 g/mol. The first-order valence-corrected chi connectivity index (χ1v) is 12.6. The van der Waals surface area contributed by atoms with Crippen molar-refractivity contribution in [3.63, 3.8) is 0 Å². The Labute approximate surface area is 212 Å². The van der Waals surface area contributed by atoms with Crippen LogP contribution in [0.3, 0.4) is 0 Å². The molecule has 2 aliphatic heterocycles. The van der Waals surface area contributed by atoms with E-state index in [0.717, 1.165) is 23.6 Å². The van der Waals surface area contributed by atoms with E-state index in [2.05, 4.69) is 54.6 Å². The Bertz CT molecular complexity index is 1250. The average molecular weight is 488 g/mol. The molecule has 0 bridgehead atoms. The van der Waals surface area contributed by atoms with Crippen molar-refractivity contribution in [2.75, 3.05) is 33.3 Å². The fourth-order valence-corrected chi connectivity index (χ4v) is 5.60. The first-order valence-electron chi connectivity index (χ1n) is 12.6. The number of rotatable bonds is 5. The van der Waals surface area contributed by atoms with Gasteiger partial charge in [-0.2, -0.15) is 0 Å². The van der Waals surface area contributed by atoms with Gasteiger partial charge in [-0.05, 0) is 43.0 Å². The molecule has 5 rings (SSSR count). The summed E-state index contributed by atoms with van der Waals surface area (Å²) in [6.07, 6.45) is 4.00. The van der Waals surface area contributed by atoms with Crippen LogP contribution in [-0.4, -0.2) is 65.2 Å². The highest BCUT2D eigenvalue weighted by Crippen LogP contribution is 2.50. The van der Waals surface area contributed by atoms with Crippen LogP contribution >= 0.6 is 0 Å². The molecular weight excluding hydrogens is 454 g/mol. The van der Waals surface area contributed by atoms with Gasteiger partial charge < -0.3 is 14.7 Å². The first-order chi connectivity index (χ1) is 17.1. The molecule has 0 unspecified atom stereocenters. The molecule has 7 heteroatoms. The largest absolute Gasteiger partial charge is 0.447 e. The Morgan fingerprint density at radius 3 is 2.42 bits per heavy atom. The Morgan fingerprint density at radius 1 is 1.17 bits per heavy atom. The molecule has 2 saturated heterocycles. The number of amides is 2. The van der Waals surface area contributed by atoms with Crippen LogP contribution in [0, 0.1) is 22.7 Å². The highest BCUT2D eigenvalue weighted by molar-refractivity contribution is 5.99. The molecule has 1 aromatic heterocycles. The molecular formula is C29H33N3O4. The van der Waals surface area contributed by atoms with Crippen molar-refractivity contribution in [2.45, 2.75) is 45.1 Å². The second-order valence-corrected chi connectivity index (χ2v) is 11.1. The highest BCUT2D eigenvalue weighted by atomic mass is 16.6. The van der Waals surface area contributed by atoms with Gasteiger partial charge in [-0.3, -0.25) is 9.78 Å². The quantitative estimate of drug-likeness (QED) is 0.650. The van der Waals surface area contributed by atoms with Gasteiger partial charge in [0.25, 0.3) is 0 Å². The van der Waals surface area contributed by atoms with Gasteiger partial charge in [-0.15, -0.1) is 0 Å². The minimum absolute atomic E-state index is 0.227. The van der Waals surface area contributed by atoms with E-state index in [4.69, 9.17) is 4.74 Å². The minimum Gasteiger partial charge on any atom is -0.447 e. The lowest BCUT2D eigenvalue weighted by molar-refractivity contribution is -0.131. The number of aliphatic hydroxyl groups is 1. The summed E-state index contributed by atoms with van der Waals surface area (Å²) >= 11 is 0. The smallest absolute Gasteiger partial charge is 0.416 e. The normalized spacial score (nSPS) is 21.7. The van der Waals surface area contributed by atoms with Crippen LogP contribution in [0.1, 0.15) is 61.8 Å². The molecule has 1 aliphatic carbocycles. The summed E-state index contributed by atoms with van der Waals surface area (Å²) in [5.74, 6) is 6.35. The summed E-state index contributed by atoms with van der Waals surface area (Å²) in [4.78, 5) is 32.5. The molecule has 2 aromatic rings. The second kappa shape index (κ2) is 8.72. The second-order valence-electron chi connectivity index (χ2n) is 11.1. The van der Waals surface area contributed by atoms with Gasteiger partial charge in [0, 0.05) is 42.0 Å². The third kappa shape index (κ3) is 3.99. The number of cyclic esters (lactones) is 1. The predicted octanol–water partition coefficient (Wildman–Crippen LogP) is 3.50. The lowest BCUT2D eigenvalue weighted by atomic mass is 9.62. The molecule has 3 heterocycles. The summed E-state index contributed by atoms with van der Waals surface area (Å²) < 4.78 is 4.92. The number of benzene rings is 1. The lowest BCUT2D eigenvalue weighted by Crippen LogP contribution is -2.63. The minimum atomic E-state index is -1.26. The van der Waals surface area contributed by atoms with E-state index in [0.29, 0.717) is 29.9 Å². The topological polar surface area (TPSA) is 83.0 Å². The summed E-state index contributed by atoms with van der Waals surface area (Å²) in [6.45, 7) is 8.40. The standard InChI is InChI=1S/C29H33N3O4/c1-20(2)22-5-7-23(8-6-22)29(35,27(3)18-31(4)19-27)24-15-21(16-30-17-24)9-10-28(11-12-28)25(33)32-13-14-36-26(32)34/h5-8,15-17,20,35H,11-14,18-19H2,1-4H3/t29-/m0/s1. The number of pyridine rings is 1. The van der Waals surface area contributed by atoms with Gasteiger partial charge >= 0.3 is 6.09 Å². The maximum absolute atomic E-state index is 12.9. The predicted molar refractivity (Wildman–Crippen MR) is 135 cm³/mol. The summed E-state index contributed by atoms with van der Waals surface area (Å²) in [5.41, 5.74) is 0.854. The lowest BCUT2D eigenvalue weighted by Gasteiger charge is -2.55. The molecule has 1 atom stereocenters. The summed E-state index contributed by atoms with van der Waals surface area (Å²) in [6, 6.07) is 10.1. The Kier molecular flexibility index (Phi) is 5.93. The van der Waals surface area contributed by atoms with Crippen molar-refractivity contribution in [3.05, 3.63) is 65.0 Å². The van der Waals surface area contributed by atoms with Crippen molar-refractivity contribution < 1.29 is 19.4 Å². The number of carbonyl (C=O) groups excluding carboxylic acids is 2. The number of hydrogen-bond acceptors (Lipinski definition) is 6. The molecule has 3 aliphatic rings. The molecule has 0 spiro atoms. The van der Waals surface area contributed by atoms with E-state index in [1.54, 1.807) is 12.4 Å². The van der Waals surface area contributed by atoms with Gasteiger partial charge in [-0.1, -0.05) is 56.9 Å². The number of carbonyl (C=O) groups is 2. The van der Waals surface area contributed by atoms with Crippen LogP contribution in [-0.2, 0) is 15.1 Å². The van der Waals surface area contributed by atoms with Gasteiger partial charge in [0.2, 0.25) is 5.91 Å². The van der Waals surface area contributed by atoms with E-state index < -0.39 is 22.5 Å². The zero-order valence-corrected chi connectivity index (χ0v) is 21.4. The molecule has 36 heavy (non-hydrogen) atoms. The van der Waals surface area contributed by atoms with E-state index in [1.807, 2.05) is 25.2 Å². The van der Waals surface area contributed by atoms with Gasteiger partial charge in [0.1, 0.15) is 17.6 Å². The number of nitrogens with zero attached hydrogens (tertiary/aromatic N) is 3. The van der Waals surface area contributed by atoms with Crippen LogP contribution in [0.5, 0.6) is 0 Å². The third-order valence-corrected chi connectivity index (χ3v) is 7.87.